The van der Waals surface area contributed by atoms with E-state index in [1.807, 2.05) is 13.1 Å². The van der Waals surface area contributed by atoms with E-state index in [1.165, 1.54) is 23.8 Å². The van der Waals surface area contributed by atoms with Crippen molar-refractivity contribution >= 4 is 20.0 Å². The Bertz CT molecular complexity index is 766. The standard InChI is InChI=1S/C17H29N3O6Si/c1-10(22)18-12-7-8-20(16(24)19-12)15-14(13(23)11(9-21)25-15)26-27(5,6)17(2,3)4/h7-8,11,13-15,21,23H,9H2,1-6H3,(H,18,19,22,24)/t11-,13+,14?,15-/m1/s1/i21D. The molecule has 9 nitrogen and oxygen atoms in total. The predicted octanol–water partition coefficient (Wildman–Crippen LogP) is 0.843. The molecule has 4 atom stereocenters. The molecule has 0 radical (unpaired) electrons. The van der Waals surface area contributed by atoms with Crippen molar-refractivity contribution in [2.24, 2.45) is 0 Å². The number of ether oxygens (including phenoxy) is 1. The predicted molar refractivity (Wildman–Crippen MR) is 102 cm³/mol. The smallest absolute Gasteiger partial charge is 0.351 e. The highest BCUT2D eigenvalue weighted by atomic mass is 28.4. The van der Waals surface area contributed by atoms with Crippen LogP contribution in [0.15, 0.2) is 17.1 Å². The number of aromatic nitrogens is 2. The Morgan fingerprint density at radius 2 is 2.19 bits per heavy atom. The topological polar surface area (TPSA) is 123 Å². The fraction of sp³-hybridized carbons (Fsp3) is 0.706. The van der Waals surface area contributed by atoms with Crippen molar-refractivity contribution in [2.75, 3.05) is 11.9 Å². The SMILES string of the molecule is [2H]OC[C@H]1O[C@@H](n2ccc(NC(C)=O)nc2=O)C(O[Si](C)(C)C(C)(C)C)[C@H]1O. The molecule has 0 spiro atoms. The van der Waals surface area contributed by atoms with Crippen molar-refractivity contribution in [1.29, 1.82) is 1.43 Å². The third kappa shape index (κ3) is 4.64. The number of nitrogens with zero attached hydrogens (tertiary/aromatic N) is 2. The third-order valence-corrected chi connectivity index (χ3v) is 9.60. The Kier molecular flexibility index (Phi) is 5.82. The van der Waals surface area contributed by atoms with Gasteiger partial charge in [0.25, 0.3) is 0 Å². The molecule has 1 aliphatic rings. The summed E-state index contributed by atoms with van der Waals surface area (Å²) in [7, 11) is -2.31. The molecule has 1 aromatic heterocycles. The van der Waals surface area contributed by atoms with Gasteiger partial charge in [0, 0.05) is 13.1 Å². The summed E-state index contributed by atoms with van der Waals surface area (Å²) in [5.74, 6) is -0.218. The van der Waals surface area contributed by atoms with Crippen molar-refractivity contribution in [2.45, 2.75) is 70.4 Å². The normalized spacial score (nSPS) is 26.7. The summed E-state index contributed by atoms with van der Waals surface area (Å²) in [6.45, 7) is 11.4. The van der Waals surface area contributed by atoms with Crippen LogP contribution in [-0.4, -0.2) is 60.3 Å². The number of aliphatic hydroxyl groups is 2. The van der Waals surface area contributed by atoms with Crippen molar-refractivity contribution in [3.63, 3.8) is 0 Å². The molecule has 0 saturated carbocycles. The zero-order valence-electron chi connectivity index (χ0n) is 17.6. The summed E-state index contributed by atoms with van der Waals surface area (Å²) in [5.41, 5.74) is -0.653. The van der Waals surface area contributed by atoms with Gasteiger partial charge in [0.05, 0.1) is 6.61 Å². The van der Waals surface area contributed by atoms with E-state index in [9.17, 15) is 14.7 Å². The van der Waals surface area contributed by atoms with Gasteiger partial charge in [-0.15, -0.1) is 0 Å². The van der Waals surface area contributed by atoms with Gasteiger partial charge in [0.1, 0.15) is 24.1 Å². The summed E-state index contributed by atoms with van der Waals surface area (Å²) in [5, 5.41) is 17.4. The lowest BCUT2D eigenvalue weighted by molar-refractivity contribution is -0.114. The van der Waals surface area contributed by atoms with Gasteiger partial charge in [-0.3, -0.25) is 9.36 Å². The van der Waals surface area contributed by atoms with Gasteiger partial charge in [-0.2, -0.15) is 4.98 Å². The second kappa shape index (κ2) is 7.80. The first-order valence-corrected chi connectivity index (χ1v) is 11.7. The van der Waals surface area contributed by atoms with E-state index < -0.39 is 38.5 Å². The van der Waals surface area contributed by atoms with Crippen LogP contribution in [0.25, 0.3) is 0 Å². The van der Waals surface area contributed by atoms with Crippen LogP contribution < -0.4 is 11.0 Å². The van der Waals surface area contributed by atoms with Crippen LogP contribution in [0, 0.1) is 0 Å². The van der Waals surface area contributed by atoms with Crippen molar-refractivity contribution in [3.05, 3.63) is 22.7 Å². The average molecular weight is 401 g/mol. The average Bonchev–Trinajstić information content (AvgIpc) is 2.83. The molecule has 1 fully saturated rings. The first-order valence-electron chi connectivity index (χ1n) is 9.24. The lowest BCUT2D eigenvalue weighted by Gasteiger charge is -2.40. The maximum absolute atomic E-state index is 12.5. The number of carbonyl (C=O) groups excluding carboxylic acids is 1. The minimum absolute atomic E-state index is 0.125. The van der Waals surface area contributed by atoms with Crippen LogP contribution in [0.5, 0.6) is 0 Å². The Morgan fingerprint density at radius 3 is 2.70 bits per heavy atom. The summed E-state index contributed by atoms with van der Waals surface area (Å²) in [4.78, 5) is 27.5. The largest absolute Gasteiger partial charge is 0.407 e. The summed E-state index contributed by atoms with van der Waals surface area (Å²) in [6, 6.07) is 1.47. The highest BCUT2D eigenvalue weighted by Crippen LogP contribution is 2.41. The van der Waals surface area contributed by atoms with Gasteiger partial charge >= 0.3 is 5.69 Å². The van der Waals surface area contributed by atoms with Crippen LogP contribution in [0.4, 0.5) is 5.82 Å². The third-order valence-electron chi connectivity index (χ3n) is 5.12. The van der Waals surface area contributed by atoms with E-state index in [0.29, 0.717) is 0 Å². The van der Waals surface area contributed by atoms with E-state index in [4.69, 9.17) is 10.6 Å². The number of carbonyl (C=O) groups is 1. The molecule has 1 unspecified atom stereocenters. The maximum atomic E-state index is 12.5. The minimum Gasteiger partial charge on any atom is -0.407 e. The lowest BCUT2D eigenvalue weighted by atomic mass is 10.1. The molecule has 1 saturated heterocycles. The molecule has 152 valence electrons. The molecule has 0 aliphatic carbocycles. The minimum atomic E-state index is -2.31. The number of hydrogen-bond acceptors (Lipinski definition) is 7. The Labute approximate surface area is 161 Å². The Hall–Kier alpha value is -1.59. The zero-order chi connectivity index (χ0) is 21.3. The lowest BCUT2D eigenvalue weighted by Crippen LogP contribution is -2.49. The molecule has 0 bridgehead atoms. The molecule has 10 heteroatoms. The molecule has 3 N–H and O–H groups in total. The highest BCUT2D eigenvalue weighted by Gasteiger charge is 2.50. The number of anilines is 1. The summed E-state index contributed by atoms with van der Waals surface area (Å²) >= 11 is 0. The van der Waals surface area contributed by atoms with E-state index >= 15 is 0 Å². The van der Waals surface area contributed by atoms with E-state index in [2.05, 4.69) is 36.2 Å². The monoisotopic (exact) mass is 400 g/mol. The molecular weight excluding hydrogens is 370 g/mol. The molecular formula is C17H29N3O6Si. The molecule has 27 heavy (non-hydrogen) atoms. The molecule has 1 amide bonds. The van der Waals surface area contributed by atoms with Crippen LogP contribution in [0.2, 0.25) is 18.1 Å². The van der Waals surface area contributed by atoms with Crippen LogP contribution in [0.1, 0.15) is 33.9 Å². The number of hydrogen-bond donors (Lipinski definition) is 3. The first kappa shape index (κ1) is 20.1. The van der Waals surface area contributed by atoms with Gasteiger partial charge in [0.2, 0.25) is 7.34 Å². The van der Waals surface area contributed by atoms with Crippen molar-refractivity contribution in [3.8, 4) is 0 Å². The second-order valence-electron chi connectivity index (χ2n) is 8.25. The van der Waals surface area contributed by atoms with E-state index in [-0.39, 0.29) is 23.4 Å². The quantitative estimate of drug-likeness (QED) is 0.605. The summed E-state index contributed by atoms with van der Waals surface area (Å²) < 4.78 is 20.4. The first-order chi connectivity index (χ1) is 12.9. The second-order valence-corrected chi connectivity index (χ2v) is 13.0. The molecule has 1 aromatic rings. The maximum Gasteiger partial charge on any atom is 0.351 e. The molecule has 2 rings (SSSR count). The fourth-order valence-corrected chi connectivity index (χ4v) is 3.87. The molecule has 0 aromatic carbocycles. The van der Waals surface area contributed by atoms with Gasteiger partial charge in [-0.05, 0) is 24.2 Å². The van der Waals surface area contributed by atoms with E-state index in [1.54, 1.807) is 0 Å². The molecule has 1 aliphatic heterocycles. The van der Waals surface area contributed by atoms with Gasteiger partial charge in [0.15, 0.2) is 14.5 Å². The highest BCUT2D eigenvalue weighted by molar-refractivity contribution is 6.74. The number of aliphatic hydroxyl groups excluding tert-OH is 2. The number of nitrogens with one attached hydrogen (secondary N) is 1. The van der Waals surface area contributed by atoms with Crippen molar-refractivity contribution < 1.29 is 24.2 Å². The number of amides is 1. The van der Waals surface area contributed by atoms with Crippen LogP contribution in [-0.2, 0) is 14.0 Å². The van der Waals surface area contributed by atoms with Gasteiger partial charge in [-0.25, -0.2) is 4.79 Å². The fourth-order valence-electron chi connectivity index (χ4n) is 2.58. The van der Waals surface area contributed by atoms with Crippen molar-refractivity contribution in [1.82, 2.24) is 9.55 Å². The van der Waals surface area contributed by atoms with Crippen LogP contribution >= 0.6 is 0 Å². The Morgan fingerprint density at radius 1 is 1.52 bits per heavy atom. The van der Waals surface area contributed by atoms with Crippen LogP contribution in [0.3, 0.4) is 0 Å². The zero-order valence-corrected chi connectivity index (χ0v) is 17.6. The van der Waals surface area contributed by atoms with Gasteiger partial charge < -0.3 is 24.7 Å². The Balaban J connectivity index is 2.38. The number of rotatable bonds is 6. The molecule has 2 heterocycles. The van der Waals surface area contributed by atoms with E-state index in [0.717, 1.165) is 0 Å². The van der Waals surface area contributed by atoms with Gasteiger partial charge in [-0.1, -0.05) is 20.8 Å². The summed E-state index contributed by atoms with van der Waals surface area (Å²) in [6.07, 6.45) is -2.22.